The van der Waals surface area contributed by atoms with E-state index in [4.69, 9.17) is 11.6 Å². The molecule has 0 saturated heterocycles. The predicted molar refractivity (Wildman–Crippen MR) is 85.1 cm³/mol. The number of rotatable bonds is 2. The van der Waals surface area contributed by atoms with Crippen LogP contribution >= 0.6 is 22.9 Å². The van der Waals surface area contributed by atoms with Crippen LogP contribution in [0.15, 0.2) is 23.6 Å². The van der Waals surface area contributed by atoms with Crippen LogP contribution in [0.25, 0.3) is 0 Å². The molecule has 20 heavy (non-hydrogen) atoms. The molecule has 2 nitrogen and oxygen atoms in total. The van der Waals surface area contributed by atoms with Crippen molar-refractivity contribution in [3.05, 3.63) is 50.2 Å². The molecular formula is C16H16ClNOS. The molecule has 0 saturated carbocycles. The fraction of sp³-hybridized carbons (Fsp3) is 0.312. The summed E-state index contributed by atoms with van der Waals surface area (Å²) in [6, 6.07) is 5.55. The smallest absolute Gasteiger partial charge is 0.256 e. The summed E-state index contributed by atoms with van der Waals surface area (Å²) < 4.78 is 0. The molecule has 0 atom stereocenters. The highest BCUT2D eigenvalue weighted by molar-refractivity contribution is 7.10. The number of anilines is 1. The second-order valence-corrected chi connectivity index (χ2v) is 6.57. The lowest BCUT2D eigenvalue weighted by atomic mass is 9.95. The maximum Gasteiger partial charge on any atom is 0.256 e. The number of thiophene rings is 1. The molecule has 0 radical (unpaired) electrons. The van der Waals surface area contributed by atoms with E-state index >= 15 is 0 Å². The molecule has 0 spiro atoms. The topological polar surface area (TPSA) is 29.1 Å². The number of benzene rings is 1. The van der Waals surface area contributed by atoms with Crippen molar-refractivity contribution in [1.29, 1.82) is 0 Å². The lowest BCUT2D eigenvalue weighted by molar-refractivity contribution is 0.102. The Balaban J connectivity index is 1.86. The van der Waals surface area contributed by atoms with Gasteiger partial charge >= 0.3 is 0 Å². The summed E-state index contributed by atoms with van der Waals surface area (Å²) in [6.07, 6.45) is 4.56. The normalized spacial score (nSPS) is 13.9. The predicted octanol–water partition coefficient (Wildman–Crippen LogP) is 4.84. The van der Waals surface area contributed by atoms with Crippen molar-refractivity contribution in [1.82, 2.24) is 0 Å². The molecule has 1 aliphatic rings. The molecule has 1 amide bonds. The number of halogens is 1. The molecule has 0 aliphatic heterocycles. The average Bonchev–Trinajstić information content (AvgIpc) is 2.87. The average molecular weight is 306 g/mol. The van der Waals surface area contributed by atoms with Gasteiger partial charge in [-0.15, -0.1) is 11.3 Å². The monoisotopic (exact) mass is 305 g/mol. The molecule has 0 bridgehead atoms. The Morgan fingerprint density at radius 1 is 1.30 bits per heavy atom. The van der Waals surface area contributed by atoms with Gasteiger partial charge in [0.25, 0.3) is 5.91 Å². The molecule has 4 heteroatoms. The van der Waals surface area contributed by atoms with Crippen LogP contribution in [0, 0.1) is 6.92 Å². The van der Waals surface area contributed by atoms with Gasteiger partial charge in [0, 0.05) is 21.0 Å². The fourth-order valence-electron chi connectivity index (χ4n) is 2.60. The van der Waals surface area contributed by atoms with Gasteiger partial charge in [-0.3, -0.25) is 4.79 Å². The van der Waals surface area contributed by atoms with E-state index in [9.17, 15) is 4.79 Å². The minimum Gasteiger partial charge on any atom is -0.322 e. The number of fused-ring (bicyclic) bond motifs is 1. The van der Waals surface area contributed by atoms with Crippen molar-refractivity contribution in [2.75, 3.05) is 5.32 Å². The van der Waals surface area contributed by atoms with Gasteiger partial charge in [0.1, 0.15) is 0 Å². The van der Waals surface area contributed by atoms with Gasteiger partial charge in [-0.2, -0.15) is 0 Å². The Kier molecular flexibility index (Phi) is 3.81. The summed E-state index contributed by atoms with van der Waals surface area (Å²) in [5.41, 5.74) is 3.90. The van der Waals surface area contributed by atoms with Gasteiger partial charge in [-0.25, -0.2) is 0 Å². The minimum atomic E-state index is -0.0187. The standard InChI is InChI=1S/C16H16ClNOS/c1-10-6-7-11(17)8-14(10)18-16(19)13-9-20-15-5-3-2-4-12(13)15/h6-9H,2-5H2,1H3,(H,18,19). The van der Waals surface area contributed by atoms with Crippen LogP contribution in [0.4, 0.5) is 5.69 Å². The van der Waals surface area contributed by atoms with E-state index in [1.807, 2.05) is 24.4 Å². The Labute approximate surface area is 127 Å². The molecule has 1 N–H and O–H groups in total. The largest absolute Gasteiger partial charge is 0.322 e. The Bertz CT molecular complexity index is 662. The number of carbonyl (C=O) groups is 1. The highest BCUT2D eigenvalue weighted by Crippen LogP contribution is 2.31. The van der Waals surface area contributed by atoms with E-state index in [0.717, 1.165) is 29.7 Å². The zero-order valence-electron chi connectivity index (χ0n) is 11.3. The third-order valence-electron chi connectivity index (χ3n) is 3.75. The van der Waals surface area contributed by atoms with E-state index in [2.05, 4.69) is 5.32 Å². The molecule has 2 aromatic rings. The first-order chi connectivity index (χ1) is 9.65. The summed E-state index contributed by atoms with van der Waals surface area (Å²) in [6.45, 7) is 1.97. The molecule has 1 aromatic carbocycles. The molecule has 1 aliphatic carbocycles. The Morgan fingerprint density at radius 2 is 2.10 bits per heavy atom. The first kappa shape index (κ1) is 13.7. The lowest BCUT2D eigenvalue weighted by Gasteiger charge is -2.13. The third kappa shape index (κ3) is 2.60. The Morgan fingerprint density at radius 3 is 2.95 bits per heavy atom. The molecule has 0 fully saturated rings. The number of hydrogen-bond donors (Lipinski definition) is 1. The van der Waals surface area contributed by atoms with Crippen LogP contribution in [-0.2, 0) is 12.8 Å². The van der Waals surface area contributed by atoms with Crippen LogP contribution < -0.4 is 5.32 Å². The first-order valence-electron chi connectivity index (χ1n) is 6.82. The van der Waals surface area contributed by atoms with Crippen molar-refractivity contribution in [3.8, 4) is 0 Å². The molecule has 1 heterocycles. The summed E-state index contributed by atoms with van der Waals surface area (Å²) >= 11 is 7.70. The van der Waals surface area contributed by atoms with Crippen LogP contribution in [0.3, 0.4) is 0 Å². The molecule has 1 aromatic heterocycles. The lowest BCUT2D eigenvalue weighted by Crippen LogP contribution is -2.15. The van der Waals surface area contributed by atoms with Crippen molar-refractivity contribution in [2.24, 2.45) is 0 Å². The maximum absolute atomic E-state index is 12.5. The fourth-order valence-corrected chi connectivity index (χ4v) is 3.90. The molecule has 104 valence electrons. The summed E-state index contributed by atoms with van der Waals surface area (Å²) in [4.78, 5) is 13.8. The zero-order chi connectivity index (χ0) is 14.1. The van der Waals surface area contributed by atoms with Crippen LogP contribution in [0.2, 0.25) is 5.02 Å². The summed E-state index contributed by atoms with van der Waals surface area (Å²) in [5, 5.41) is 5.62. The quantitative estimate of drug-likeness (QED) is 0.845. The van der Waals surface area contributed by atoms with Crippen molar-refractivity contribution in [2.45, 2.75) is 32.6 Å². The number of nitrogens with one attached hydrogen (secondary N) is 1. The highest BCUT2D eigenvalue weighted by Gasteiger charge is 2.20. The number of hydrogen-bond acceptors (Lipinski definition) is 2. The third-order valence-corrected chi connectivity index (χ3v) is 5.08. The maximum atomic E-state index is 12.5. The molecule has 0 unspecified atom stereocenters. The SMILES string of the molecule is Cc1ccc(Cl)cc1NC(=O)c1csc2c1CCCC2. The van der Waals surface area contributed by atoms with Crippen LogP contribution in [0.5, 0.6) is 0 Å². The van der Waals surface area contributed by atoms with Gasteiger partial charge in [0.15, 0.2) is 0 Å². The van der Waals surface area contributed by atoms with E-state index in [1.54, 1.807) is 17.4 Å². The summed E-state index contributed by atoms with van der Waals surface area (Å²) in [7, 11) is 0. The van der Waals surface area contributed by atoms with Crippen molar-refractivity contribution < 1.29 is 4.79 Å². The second kappa shape index (κ2) is 5.58. The number of aryl methyl sites for hydroxylation is 2. The molecular weight excluding hydrogens is 290 g/mol. The summed E-state index contributed by atoms with van der Waals surface area (Å²) in [5.74, 6) is -0.0187. The van der Waals surface area contributed by atoms with Crippen LogP contribution in [-0.4, -0.2) is 5.91 Å². The van der Waals surface area contributed by atoms with Gasteiger partial charge in [0.05, 0.1) is 5.56 Å². The van der Waals surface area contributed by atoms with E-state index < -0.39 is 0 Å². The minimum absolute atomic E-state index is 0.0187. The van der Waals surface area contributed by atoms with Gasteiger partial charge in [0.2, 0.25) is 0 Å². The zero-order valence-corrected chi connectivity index (χ0v) is 12.9. The van der Waals surface area contributed by atoms with Gasteiger partial charge < -0.3 is 5.32 Å². The molecule has 3 rings (SSSR count). The highest BCUT2D eigenvalue weighted by atomic mass is 35.5. The number of carbonyl (C=O) groups excluding carboxylic acids is 1. The van der Waals surface area contributed by atoms with Crippen molar-refractivity contribution in [3.63, 3.8) is 0 Å². The van der Waals surface area contributed by atoms with Gasteiger partial charge in [-0.1, -0.05) is 17.7 Å². The van der Waals surface area contributed by atoms with Crippen LogP contribution in [0.1, 0.15) is 39.2 Å². The van der Waals surface area contributed by atoms with Crippen molar-refractivity contribution >= 4 is 34.5 Å². The van der Waals surface area contributed by atoms with E-state index in [0.29, 0.717) is 5.02 Å². The number of amides is 1. The van der Waals surface area contributed by atoms with E-state index in [-0.39, 0.29) is 5.91 Å². The first-order valence-corrected chi connectivity index (χ1v) is 8.07. The van der Waals surface area contributed by atoms with Gasteiger partial charge in [-0.05, 0) is 55.9 Å². The second-order valence-electron chi connectivity index (χ2n) is 5.17. The van der Waals surface area contributed by atoms with E-state index in [1.165, 1.54) is 23.3 Å². The Hall–Kier alpha value is -1.32.